The molecule has 0 aliphatic heterocycles. The number of hydrogen-bond acceptors (Lipinski definition) is 3. The molecule has 3 heteroatoms. The van der Waals surface area contributed by atoms with Gasteiger partial charge in [-0.2, -0.15) is 0 Å². The van der Waals surface area contributed by atoms with Crippen LogP contribution in [-0.2, 0) is 0 Å². The second kappa shape index (κ2) is 10.6. The van der Waals surface area contributed by atoms with Gasteiger partial charge in [-0.15, -0.1) is 0 Å². The number of ether oxygens (including phenoxy) is 1. The number of rotatable bonds is 9. The van der Waals surface area contributed by atoms with Crippen molar-refractivity contribution in [3.63, 3.8) is 0 Å². The summed E-state index contributed by atoms with van der Waals surface area (Å²) < 4.78 is 5.88. The highest BCUT2D eigenvalue weighted by Gasteiger charge is 2.13. The Balaban J connectivity index is 1.94. The smallest absolute Gasteiger partial charge is 0.119 e. The lowest BCUT2D eigenvalue weighted by molar-refractivity contribution is 0.241. The molecule has 0 atom stereocenters. The summed E-state index contributed by atoms with van der Waals surface area (Å²) in [6.07, 6.45) is 0.956. The monoisotopic (exact) mass is 386 g/mol. The van der Waals surface area contributed by atoms with E-state index in [0.29, 0.717) is 13.3 Å². The molecule has 3 aromatic rings. The molecular formula is C26H30N2O. The largest absolute Gasteiger partial charge is 0.492 e. The topological polar surface area (TPSA) is 38.5 Å². The van der Waals surface area contributed by atoms with Crippen molar-refractivity contribution in [3.05, 3.63) is 102 Å². The molecule has 0 aliphatic rings. The van der Waals surface area contributed by atoms with E-state index in [1.54, 1.807) is 0 Å². The fraction of sp³-hybridized carbons (Fsp3) is 0.231. The molecule has 0 radical (unpaired) electrons. The molecule has 0 unspecified atom stereocenters. The van der Waals surface area contributed by atoms with E-state index >= 15 is 0 Å². The van der Waals surface area contributed by atoms with Crippen LogP contribution in [0.5, 0.6) is 5.75 Å². The second-order valence-corrected chi connectivity index (χ2v) is 7.07. The Morgan fingerprint density at radius 2 is 1.34 bits per heavy atom. The summed E-state index contributed by atoms with van der Waals surface area (Å²) in [6.45, 7) is 4.18. The molecule has 3 aromatic carbocycles. The fourth-order valence-electron chi connectivity index (χ4n) is 3.41. The first-order valence-electron chi connectivity index (χ1n) is 10.2. The minimum Gasteiger partial charge on any atom is -0.492 e. The number of allylic oxidation sites excluding steroid dienone is 1. The first kappa shape index (κ1) is 20.8. The Bertz CT molecular complexity index is 902. The van der Waals surface area contributed by atoms with Crippen LogP contribution in [-0.4, -0.2) is 31.8 Å². The molecule has 0 saturated carbocycles. The van der Waals surface area contributed by atoms with Gasteiger partial charge in [-0.1, -0.05) is 79.7 Å². The van der Waals surface area contributed by atoms with E-state index in [1.807, 2.05) is 11.9 Å². The van der Waals surface area contributed by atoms with Gasteiger partial charge in [-0.05, 0) is 53.4 Å². The van der Waals surface area contributed by atoms with Crippen LogP contribution in [0.2, 0.25) is 0 Å². The van der Waals surface area contributed by atoms with E-state index in [2.05, 4.69) is 91.9 Å². The SMILES string of the molecule is CC/C(=C(\c1ccccc1)c1ccc(OCCN(C)CN)cc1)c1ccccc1. The summed E-state index contributed by atoms with van der Waals surface area (Å²) in [4.78, 5) is 2.03. The predicted molar refractivity (Wildman–Crippen MR) is 123 cm³/mol. The molecule has 0 heterocycles. The van der Waals surface area contributed by atoms with Crippen molar-refractivity contribution in [1.29, 1.82) is 0 Å². The number of likely N-dealkylation sites (N-methyl/N-ethyl adjacent to an activating group) is 1. The molecule has 0 amide bonds. The zero-order chi connectivity index (χ0) is 20.5. The van der Waals surface area contributed by atoms with Crippen molar-refractivity contribution in [2.45, 2.75) is 13.3 Å². The third kappa shape index (κ3) is 5.57. The van der Waals surface area contributed by atoms with Crippen molar-refractivity contribution < 1.29 is 4.74 Å². The predicted octanol–water partition coefficient (Wildman–Crippen LogP) is 5.28. The third-order valence-corrected chi connectivity index (χ3v) is 5.04. The van der Waals surface area contributed by atoms with Gasteiger partial charge < -0.3 is 10.5 Å². The van der Waals surface area contributed by atoms with Crippen molar-refractivity contribution in [2.75, 3.05) is 26.9 Å². The summed E-state index contributed by atoms with van der Waals surface area (Å²) in [6, 6.07) is 29.7. The van der Waals surface area contributed by atoms with Crippen LogP contribution < -0.4 is 10.5 Å². The summed E-state index contributed by atoms with van der Waals surface area (Å²) in [7, 11) is 1.99. The standard InChI is InChI=1S/C26H30N2O/c1-3-25(21-10-6-4-7-11-21)26(22-12-8-5-9-13-22)23-14-16-24(17-15-23)29-19-18-28(2)20-27/h4-17H,3,18-20,27H2,1-2H3/b26-25-. The average Bonchev–Trinajstić information content (AvgIpc) is 2.79. The molecule has 0 bridgehead atoms. The molecular weight excluding hydrogens is 356 g/mol. The molecule has 0 aromatic heterocycles. The summed E-state index contributed by atoms with van der Waals surface area (Å²) >= 11 is 0. The number of nitrogens with zero attached hydrogens (tertiary/aromatic N) is 1. The van der Waals surface area contributed by atoms with Gasteiger partial charge in [0.1, 0.15) is 12.4 Å². The van der Waals surface area contributed by atoms with Gasteiger partial charge in [0, 0.05) is 13.2 Å². The van der Waals surface area contributed by atoms with Gasteiger partial charge in [-0.25, -0.2) is 0 Å². The van der Waals surface area contributed by atoms with Crippen molar-refractivity contribution in [2.24, 2.45) is 5.73 Å². The molecule has 3 rings (SSSR count). The Kier molecular flexibility index (Phi) is 7.62. The van der Waals surface area contributed by atoms with Crippen molar-refractivity contribution in [3.8, 4) is 5.75 Å². The van der Waals surface area contributed by atoms with Crippen LogP contribution in [0.3, 0.4) is 0 Å². The van der Waals surface area contributed by atoms with E-state index in [4.69, 9.17) is 10.5 Å². The molecule has 150 valence electrons. The highest BCUT2D eigenvalue weighted by molar-refractivity contribution is 5.98. The first-order valence-corrected chi connectivity index (χ1v) is 10.2. The molecule has 0 spiro atoms. The quantitative estimate of drug-likeness (QED) is 0.401. The molecule has 0 fully saturated rings. The minimum absolute atomic E-state index is 0.535. The minimum atomic E-state index is 0.535. The van der Waals surface area contributed by atoms with Gasteiger partial charge in [-0.3, -0.25) is 4.90 Å². The highest BCUT2D eigenvalue weighted by atomic mass is 16.5. The van der Waals surface area contributed by atoms with Crippen LogP contribution in [0.15, 0.2) is 84.9 Å². The van der Waals surface area contributed by atoms with E-state index in [0.717, 1.165) is 18.7 Å². The second-order valence-electron chi connectivity index (χ2n) is 7.07. The van der Waals surface area contributed by atoms with Gasteiger partial charge in [0.2, 0.25) is 0 Å². The molecule has 3 nitrogen and oxygen atoms in total. The summed E-state index contributed by atoms with van der Waals surface area (Å²) in [5.41, 5.74) is 11.9. The lowest BCUT2D eigenvalue weighted by Crippen LogP contribution is -2.29. The maximum atomic E-state index is 5.88. The van der Waals surface area contributed by atoms with Crippen LogP contribution in [0.1, 0.15) is 30.0 Å². The summed E-state index contributed by atoms with van der Waals surface area (Å²) in [5, 5.41) is 0. The van der Waals surface area contributed by atoms with E-state index < -0.39 is 0 Å². The molecule has 2 N–H and O–H groups in total. The van der Waals surface area contributed by atoms with Crippen LogP contribution in [0.4, 0.5) is 0 Å². The highest BCUT2D eigenvalue weighted by Crippen LogP contribution is 2.34. The van der Waals surface area contributed by atoms with Crippen LogP contribution in [0.25, 0.3) is 11.1 Å². The maximum Gasteiger partial charge on any atom is 0.119 e. The Hall–Kier alpha value is -2.88. The average molecular weight is 387 g/mol. The van der Waals surface area contributed by atoms with Gasteiger partial charge >= 0.3 is 0 Å². The van der Waals surface area contributed by atoms with Gasteiger partial charge in [0.25, 0.3) is 0 Å². The van der Waals surface area contributed by atoms with Crippen molar-refractivity contribution >= 4 is 11.1 Å². The van der Waals surface area contributed by atoms with E-state index in [9.17, 15) is 0 Å². The third-order valence-electron chi connectivity index (χ3n) is 5.04. The summed E-state index contributed by atoms with van der Waals surface area (Å²) in [5.74, 6) is 0.879. The number of nitrogens with two attached hydrogens (primary N) is 1. The molecule has 29 heavy (non-hydrogen) atoms. The lowest BCUT2D eigenvalue weighted by atomic mass is 9.88. The Labute approximate surface area is 174 Å². The van der Waals surface area contributed by atoms with Gasteiger partial charge in [0.15, 0.2) is 0 Å². The Morgan fingerprint density at radius 1 is 0.793 bits per heavy atom. The zero-order valence-corrected chi connectivity index (χ0v) is 17.3. The fourth-order valence-corrected chi connectivity index (χ4v) is 3.41. The van der Waals surface area contributed by atoms with Crippen LogP contribution in [0, 0.1) is 0 Å². The Morgan fingerprint density at radius 3 is 1.90 bits per heavy atom. The number of hydrogen-bond donors (Lipinski definition) is 1. The first-order chi connectivity index (χ1) is 14.2. The number of benzene rings is 3. The lowest BCUT2D eigenvalue weighted by Gasteiger charge is -2.17. The van der Waals surface area contributed by atoms with E-state index in [-0.39, 0.29) is 0 Å². The molecule has 0 aliphatic carbocycles. The van der Waals surface area contributed by atoms with E-state index in [1.165, 1.54) is 27.8 Å². The maximum absolute atomic E-state index is 5.88. The van der Waals surface area contributed by atoms with Gasteiger partial charge in [0.05, 0.1) is 0 Å². The van der Waals surface area contributed by atoms with Crippen LogP contribution >= 0.6 is 0 Å². The zero-order valence-electron chi connectivity index (χ0n) is 17.3. The molecule has 0 saturated heterocycles. The van der Waals surface area contributed by atoms with Crippen molar-refractivity contribution in [1.82, 2.24) is 4.90 Å². The normalized spacial score (nSPS) is 12.0.